The van der Waals surface area contributed by atoms with Crippen molar-refractivity contribution in [1.29, 1.82) is 0 Å². The van der Waals surface area contributed by atoms with E-state index in [-0.39, 0.29) is 0 Å². The van der Waals surface area contributed by atoms with Crippen molar-refractivity contribution in [2.24, 2.45) is 0 Å². The number of alkyl halides is 3. The van der Waals surface area contributed by atoms with E-state index >= 15 is 0 Å². The summed E-state index contributed by atoms with van der Waals surface area (Å²) in [5.74, 6) is 0. The van der Waals surface area contributed by atoms with E-state index in [0.29, 0.717) is 12.2 Å². The molecule has 2 aromatic carbocycles. The van der Waals surface area contributed by atoms with E-state index in [0.717, 1.165) is 28.6 Å². The lowest BCUT2D eigenvalue weighted by atomic mass is 10.1. The second-order valence-electron chi connectivity index (χ2n) is 4.92. The summed E-state index contributed by atoms with van der Waals surface area (Å²) in [6.07, 6.45) is -2.41. The lowest BCUT2D eigenvalue weighted by molar-refractivity contribution is -0.137. The number of hydrogen-bond acceptors (Lipinski definition) is 1. The van der Waals surface area contributed by atoms with Crippen molar-refractivity contribution in [1.82, 2.24) is 4.57 Å². The Hall–Kier alpha value is -2.43. The Kier molecular flexibility index (Phi) is 3.12. The van der Waals surface area contributed by atoms with Gasteiger partial charge in [0.2, 0.25) is 0 Å². The normalized spacial score (nSPS) is 12.0. The van der Waals surface area contributed by atoms with Crippen LogP contribution in [-0.4, -0.2) is 4.57 Å². The number of nitrogen functional groups attached to an aromatic ring is 1. The number of benzene rings is 2. The van der Waals surface area contributed by atoms with Gasteiger partial charge in [-0.15, -0.1) is 0 Å². The smallest absolute Gasteiger partial charge is 0.397 e. The molecular weight excluding hydrogens is 277 g/mol. The van der Waals surface area contributed by atoms with Crippen molar-refractivity contribution in [3.63, 3.8) is 0 Å². The van der Waals surface area contributed by atoms with Gasteiger partial charge in [0.15, 0.2) is 0 Å². The molecule has 0 unspecified atom stereocenters. The highest BCUT2D eigenvalue weighted by molar-refractivity contribution is 5.90. The van der Waals surface area contributed by atoms with E-state index in [1.54, 1.807) is 0 Å². The summed E-state index contributed by atoms with van der Waals surface area (Å²) in [6.45, 7) is 0.482. The zero-order chi connectivity index (χ0) is 15.0. The maximum Gasteiger partial charge on any atom is 0.416 e. The second kappa shape index (κ2) is 4.84. The molecule has 1 heterocycles. The Labute approximate surface area is 119 Å². The largest absolute Gasteiger partial charge is 0.416 e. The molecule has 0 amide bonds. The first-order valence-corrected chi connectivity index (χ1v) is 6.44. The van der Waals surface area contributed by atoms with Crippen LogP contribution in [0.3, 0.4) is 0 Å². The monoisotopic (exact) mass is 290 g/mol. The number of halogens is 3. The molecule has 0 saturated heterocycles. The third kappa shape index (κ3) is 2.59. The van der Waals surface area contributed by atoms with Crippen molar-refractivity contribution in [2.75, 3.05) is 5.73 Å². The highest BCUT2D eigenvalue weighted by Gasteiger charge is 2.29. The summed E-state index contributed by atoms with van der Waals surface area (Å²) < 4.78 is 39.5. The quantitative estimate of drug-likeness (QED) is 0.701. The molecule has 0 fully saturated rings. The van der Waals surface area contributed by atoms with Crippen LogP contribution in [-0.2, 0) is 12.7 Å². The first kappa shape index (κ1) is 13.5. The first-order valence-electron chi connectivity index (χ1n) is 6.44. The zero-order valence-electron chi connectivity index (χ0n) is 11.1. The fraction of sp³-hybridized carbons (Fsp3) is 0.125. The van der Waals surface area contributed by atoms with Crippen LogP contribution in [0.4, 0.5) is 18.9 Å². The van der Waals surface area contributed by atoms with Crippen LogP contribution in [0.15, 0.2) is 54.7 Å². The van der Waals surface area contributed by atoms with Crippen LogP contribution >= 0.6 is 0 Å². The van der Waals surface area contributed by atoms with Gasteiger partial charge in [-0.3, -0.25) is 0 Å². The third-order valence-electron chi connectivity index (χ3n) is 3.45. The summed E-state index contributed by atoms with van der Waals surface area (Å²) in [4.78, 5) is 0. The summed E-state index contributed by atoms with van der Waals surface area (Å²) in [5, 5.41) is 1.02. The van der Waals surface area contributed by atoms with Crippen LogP contribution < -0.4 is 5.73 Å². The Bertz CT molecular complexity index is 770. The van der Waals surface area contributed by atoms with Gasteiger partial charge in [0.1, 0.15) is 0 Å². The molecule has 0 aliphatic carbocycles. The molecule has 0 aliphatic heterocycles. The number of hydrogen-bond donors (Lipinski definition) is 1. The lowest BCUT2D eigenvalue weighted by Crippen LogP contribution is -2.05. The van der Waals surface area contributed by atoms with Crippen molar-refractivity contribution >= 4 is 16.6 Å². The number of para-hydroxylation sites is 1. The molecule has 3 rings (SSSR count). The van der Waals surface area contributed by atoms with Crippen LogP contribution in [0.1, 0.15) is 11.1 Å². The molecular formula is C16H13F3N2. The molecule has 0 bridgehead atoms. The maximum atomic E-state index is 12.5. The Balaban J connectivity index is 1.92. The van der Waals surface area contributed by atoms with E-state index in [2.05, 4.69) is 0 Å². The van der Waals surface area contributed by atoms with Crippen molar-refractivity contribution in [2.45, 2.75) is 12.7 Å². The minimum Gasteiger partial charge on any atom is -0.397 e. The number of nitrogens with zero attached hydrogens (tertiary/aromatic N) is 1. The first-order chi connectivity index (χ1) is 9.95. The Morgan fingerprint density at radius 3 is 2.33 bits per heavy atom. The van der Waals surface area contributed by atoms with E-state index < -0.39 is 11.7 Å². The average molecular weight is 290 g/mol. The molecule has 0 aliphatic rings. The molecule has 0 atom stereocenters. The standard InChI is InChI=1S/C16H13F3N2/c17-16(18,19)13-6-4-11(5-7-13)10-21-9-8-12-2-1-3-14(20)15(12)21/h1-9H,10,20H2. The molecule has 3 aromatic rings. The van der Waals surface area contributed by atoms with Crippen LogP contribution in [0.2, 0.25) is 0 Å². The molecule has 0 saturated carbocycles. The Morgan fingerprint density at radius 1 is 0.952 bits per heavy atom. The third-order valence-corrected chi connectivity index (χ3v) is 3.45. The minimum absolute atomic E-state index is 0.482. The summed E-state index contributed by atoms with van der Waals surface area (Å²) in [7, 11) is 0. The highest BCUT2D eigenvalue weighted by atomic mass is 19.4. The number of aromatic nitrogens is 1. The van der Waals surface area contributed by atoms with Gasteiger partial charge in [-0.25, -0.2) is 0 Å². The molecule has 0 radical (unpaired) electrons. The van der Waals surface area contributed by atoms with Crippen molar-refractivity contribution in [3.05, 3.63) is 65.9 Å². The molecule has 2 N–H and O–H groups in total. The predicted molar refractivity (Wildman–Crippen MR) is 76.9 cm³/mol. The molecule has 108 valence electrons. The lowest BCUT2D eigenvalue weighted by Gasteiger charge is -2.10. The van der Waals surface area contributed by atoms with E-state index in [1.165, 1.54) is 12.1 Å². The van der Waals surface area contributed by atoms with E-state index in [1.807, 2.05) is 35.0 Å². The second-order valence-corrected chi connectivity index (χ2v) is 4.92. The zero-order valence-corrected chi connectivity index (χ0v) is 11.1. The average Bonchev–Trinajstić information content (AvgIpc) is 2.83. The number of nitrogens with two attached hydrogens (primary N) is 1. The molecule has 5 heteroatoms. The van der Waals surface area contributed by atoms with Crippen LogP contribution in [0.25, 0.3) is 10.9 Å². The molecule has 2 nitrogen and oxygen atoms in total. The molecule has 21 heavy (non-hydrogen) atoms. The Morgan fingerprint density at radius 2 is 1.67 bits per heavy atom. The van der Waals surface area contributed by atoms with Crippen LogP contribution in [0, 0.1) is 0 Å². The van der Waals surface area contributed by atoms with Gasteiger partial charge in [0.05, 0.1) is 16.8 Å². The maximum absolute atomic E-state index is 12.5. The fourth-order valence-corrected chi connectivity index (χ4v) is 2.42. The van der Waals surface area contributed by atoms with Gasteiger partial charge >= 0.3 is 6.18 Å². The minimum atomic E-state index is -4.30. The summed E-state index contributed by atoms with van der Waals surface area (Å²) in [5.41, 5.74) is 7.68. The topological polar surface area (TPSA) is 30.9 Å². The highest BCUT2D eigenvalue weighted by Crippen LogP contribution is 2.29. The SMILES string of the molecule is Nc1cccc2ccn(Cc3ccc(C(F)(F)F)cc3)c12. The van der Waals surface area contributed by atoms with Crippen molar-refractivity contribution in [3.8, 4) is 0 Å². The number of rotatable bonds is 2. The van der Waals surface area contributed by atoms with Gasteiger partial charge in [0.25, 0.3) is 0 Å². The summed E-state index contributed by atoms with van der Waals surface area (Å²) in [6, 6.07) is 12.8. The van der Waals surface area contributed by atoms with Crippen molar-refractivity contribution < 1.29 is 13.2 Å². The van der Waals surface area contributed by atoms with Crippen LogP contribution in [0.5, 0.6) is 0 Å². The predicted octanol–water partition coefficient (Wildman–Crippen LogP) is 4.29. The number of fused-ring (bicyclic) bond motifs is 1. The van der Waals surface area contributed by atoms with Gasteiger partial charge < -0.3 is 10.3 Å². The fourth-order valence-electron chi connectivity index (χ4n) is 2.42. The van der Waals surface area contributed by atoms with Gasteiger partial charge in [0, 0.05) is 18.1 Å². The van der Waals surface area contributed by atoms with E-state index in [4.69, 9.17) is 5.73 Å². The van der Waals surface area contributed by atoms with E-state index in [9.17, 15) is 13.2 Å². The van der Waals surface area contributed by atoms with Gasteiger partial charge in [-0.2, -0.15) is 13.2 Å². The summed E-state index contributed by atoms with van der Waals surface area (Å²) >= 11 is 0. The molecule has 1 aromatic heterocycles. The van der Waals surface area contributed by atoms with Gasteiger partial charge in [-0.1, -0.05) is 24.3 Å². The molecule has 0 spiro atoms. The number of anilines is 1. The van der Waals surface area contributed by atoms with Gasteiger partial charge in [-0.05, 0) is 29.8 Å².